The lowest BCUT2D eigenvalue weighted by molar-refractivity contribution is -0.137. The maximum atomic E-state index is 13.1. The van der Waals surface area contributed by atoms with Gasteiger partial charge in [0.1, 0.15) is 5.69 Å². The van der Waals surface area contributed by atoms with Crippen molar-refractivity contribution in [3.8, 4) is 0 Å². The highest BCUT2D eigenvalue weighted by Gasteiger charge is 2.22. The van der Waals surface area contributed by atoms with Crippen molar-refractivity contribution in [3.05, 3.63) is 99.6 Å². The van der Waals surface area contributed by atoms with E-state index in [0.29, 0.717) is 21.6 Å². The molecule has 0 saturated heterocycles. The number of hydrogen-bond acceptors (Lipinski definition) is 3. The Hall–Kier alpha value is -3.62. The molecular weight excluding hydrogens is 520 g/mol. The SMILES string of the molecule is C[C@H](NC(=O)C(=O)Nn1c(C(=O)Nc2ccc(Cl)cc2)cc2cc(Br)ccc21)c1ccccc1. The highest BCUT2D eigenvalue weighted by molar-refractivity contribution is 9.10. The number of nitrogens with one attached hydrogen (secondary N) is 3. The molecule has 4 rings (SSSR count). The van der Waals surface area contributed by atoms with Crippen LogP contribution in [0.3, 0.4) is 0 Å². The van der Waals surface area contributed by atoms with Gasteiger partial charge in [-0.05, 0) is 61.0 Å². The van der Waals surface area contributed by atoms with Crippen molar-refractivity contribution in [1.29, 1.82) is 0 Å². The number of carbonyl (C=O) groups is 3. The molecule has 9 heteroatoms. The second kappa shape index (κ2) is 10.1. The van der Waals surface area contributed by atoms with Gasteiger partial charge < -0.3 is 10.6 Å². The van der Waals surface area contributed by atoms with Gasteiger partial charge in [-0.15, -0.1) is 0 Å². The highest BCUT2D eigenvalue weighted by Crippen LogP contribution is 2.24. The molecule has 0 spiro atoms. The molecule has 0 radical (unpaired) electrons. The zero-order chi connectivity index (χ0) is 24.2. The number of aromatic nitrogens is 1. The summed E-state index contributed by atoms with van der Waals surface area (Å²) >= 11 is 9.33. The van der Waals surface area contributed by atoms with Gasteiger partial charge in [0.05, 0.1) is 11.6 Å². The quantitative estimate of drug-likeness (QED) is 0.302. The van der Waals surface area contributed by atoms with Gasteiger partial charge in [0, 0.05) is 20.6 Å². The van der Waals surface area contributed by atoms with Gasteiger partial charge in [-0.3, -0.25) is 19.8 Å². The summed E-state index contributed by atoms with van der Waals surface area (Å²) in [7, 11) is 0. The summed E-state index contributed by atoms with van der Waals surface area (Å²) in [6.07, 6.45) is 0. The average Bonchev–Trinajstić information content (AvgIpc) is 3.18. The van der Waals surface area contributed by atoms with Crippen molar-refractivity contribution >= 4 is 61.8 Å². The molecule has 0 bridgehead atoms. The lowest BCUT2D eigenvalue weighted by Gasteiger charge is -2.16. The Morgan fingerprint density at radius 3 is 2.32 bits per heavy atom. The van der Waals surface area contributed by atoms with Crippen molar-refractivity contribution in [2.24, 2.45) is 0 Å². The molecule has 3 aromatic carbocycles. The van der Waals surface area contributed by atoms with E-state index in [-0.39, 0.29) is 11.7 Å². The van der Waals surface area contributed by atoms with Crippen molar-refractivity contribution in [2.45, 2.75) is 13.0 Å². The summed E-state index contributed by atoms with van der Waals surface area (Å²) in [4.78, 5) is 38.4. The topological polar surface area (TPSA) is 92.2 Å². The molecule has 1 aromatic heterocycles. The van der Waals surface area contributed by atoms with E-state index in [4.69, 9.17) is 11.6 Å². The fourth-order valence-corrected chi connectivity index (χ4v) is 3.95. The molecule has 3 amide bonds. The molecule has 34 heavy (non-hydrogen) atoms. The molecule has 7 nitrogen and oxygen atoms in total. The van der Waals surface area contributed by atoms with Crippen LogP contribution in [0.15, 0.2) is 83.3 Å². The molecule has 0 aliphatic heterocycles. The Labute approximate surface area is 209 Å². The first kappa shape index (κ1) is 23.5. The predicted octanol–water partition coefficient (Wildman–Crippen LogP) is 5.26. The number of hydrogen-bond donors (Lipinski definition) is 3. The van der Waals surface area contributed by atoms with Gasteiger partial charge in [0.15, 0.2) is 0 Å². The van der Waals surface area contributed by atoms with Crippen LogP contribution in [0.1, 0.15) is 29.0 Å². The van der Waals surface area contributed by atoms with E-state index >= 15 is 0 Å². The average molecular weight is 540 g/mol. The van der Waals surface area contributed by atoms with E-state index in [1.165, 1.54) is 4.68 Å². The smallest absolute Gasteiger partial charge is 0.328 e. The minimum Gasteiger partial charge on any atom is -0.341 e. The molecular formula is C25H20BrClN4O3. The highest BCUT2D eigenvalue weighted by atomic mass is 79.9. The van der Waals surface area contributed by atoms with E-state index in [0.717, 1.165) is 10.0 Å². The molecule has 172 valence electrons. The first-order valence-electron chi connectivity index (χ1n) is 10.4. The number of carbonyl (C=O) groups excluding carboxylic acids is 3. The number of nitrogens with zero attached hydrogens (tertiary/aromatic N) is 1. The van der Waals surface area contributed by atoms with Gasteiger partial charge in [-0.1, -0.05) is 57.9 Å². The van der Waals surface area contributed by atoms with Crippen molar-refractivity contribution in [1.82, 2.24) is 9.99 Å². The Morgan fingerprint density at radius 2 is 1.62 bits per heavy atom. The van der Waals surface area contributed by atoms with Gasteiger partial charge in [0.2, 0.25) is 0 Å². The molecule has 0 fully saturated rings. The number of benzene rings is 3. The van der Waals surface area contributed by atoms with Crippen molar-refractivity contribution < 1.29 is 14.4 Å². The summed E-state index contributed by atoms with van der Waals surface area (Å²) in [5.41, 5.74) is 4.66. The van der Waals surface area contributed by atoms with Crippen LogP contribution in [0.4, 0.5) is 5.69 Å². The Bertz CT molecular complexity index is 1370. The number of halogens is 2. The molecule has 4 aromatic rings. The van der Waals surface area contributed by atoms with E-state index in [1.54, 1.807) is 49.4 Å². The third-order valence-electron chi connectivity index (χ3n) is 5.17. The molecule has 1 heterocycles. The Kier molecular flexibility index (Phi) is 7.00. The predicted molar refractivity (Wildman–Crippen MR) is 136 cm³/mol. The maximum Gasteiger partial charge on any atom is 0.328 e. The third-order valence-corrected chi connectivity index (χ3v) is 5.91. The van der Waals surface area contributed by atoms with E-state index in [9.17, 15) is 14.4 Å². The zero-order valence-corrected chi connectivity index (χ0v) is 20.4. The van der Waals surface area contributed by atoms with Crippen LogP contribution in [-0.4, -0.2) is 22.4 Å². The fourth-order valence-electron chi connectivity index (χ4n) is 3.44. The van der Waals surface area contributed by atoms with Crippen LogP contribution in [0.2, 0.25) is 5.02 Å². The summed E-state index contributed by atoms with van der Waals surface area (Å²) < 4.78 is 2.12. The number of rotatable bonds is 5. The van der Waals surface area contributed by atoms with E-state index in [1.807, 2.05) is 36.4 Å². The Balaban J connectivity index is 1.59. The van der Waals surface area contributed by atoms with Crippen LogP contribution in [-0.2, 0) is 9.59 Å². The molecule has 1 atom stereocenters. The molecule has 0 aliphatic rings. The van der Waals surface area contributed by atoms with Crippen molar-refractivity contribution in [3.63, 3.8) is 0 Å². The van der Waals surface area contributed by atoms with E-state index < -0.39 is 17.7 Å². The summed E-state index contributed by atoms with van der Waals surface area (Å²) in [5.74, 6) is -2.18. The largest absolute Gasteiger partial charge is 0.341 e. The summed E-state index contributed by atoms with van der Waals surface area (Å²) in [5, 5.41) is 6.69. The number of fused-ring (bicyclic) bond motifs is 1. The van der Waals surface area contributed by atoms with Crippen LogP contribution in [0, 0.1) is 0 Å². The lowest BCUT2D eigenvalue weighted by atomic mass is 10.1. The van der Waals surface area contributed by atoms with E-state index in [2.05, 4.69) is 32.0 Å². The molecule has 0 saturated carbocycles. The molecule has 0 unspecified atom stereocenters. The normalized spacial score (nSPS) is 11.6. The van der Waals surface area contributed by atoms with Crippen LogP contribution in [0.25, 0.3) is 10.9 Å². The first-order chi connectivity index (χ1) is 16.3. The zero-order valence-electron chi connectivity index (χ0n) is 18.0. The second-order valence-corrected chi connectivity index (χ2v) is 8.93. The monoisotopic (exact) mass is 538 g/mol. The van der Waals surface area contributed by atoms with Crippen LogP contribution < -0.4 is 16.1 Å². The minimum atomic E-state index is -0.899. The number of anilines is 1. The maximum absolute atomic E-state index is 13.1. The lowest BCUT2D eigenvalue weighted by Crippen LogP contribution is -2.40. The van der Waals surface area contributed by atoms with Crippen molar-refractivity contribution in [2.75, 3.05) is 10.7 Å². The first-order valence-corrected chi connectivity index (χ1v) is 11.5. The van der Waals surface area contributed by atoms with Crippen LogP contribution in [0.5, 0.6) is 0 Å². The third kappa shape index (κ3) is 5.30. The number of amides is 3. The minimum absolute atomic E-state index is 0.153. The fraction of sp³-hybridized carbons (Fsp3) is 0.0800. The van der Waals surface area contributed by atoms with Gasteiger partial charge in [-0.25, -0.2) is 4.68 Å². The van der Waals surface area contributed by atoms with Gasteiger partial charge in [0.25, 0.3) is 5.91 Å². The second-order valence-electron chi connectivity index (χ2n) is 7.58. The summed E-state index contributed by atoms with van der Waals surface area (Å²) in [6.45, 7) is 1.79. The van der Waals surface area contributed by atoms with Gasteiger partial charge >= 0.3 is 11.8 Å². The molecule has 0 aliphatic carbocycles. The van der Waals surface area contributed by atoms with Gasteiger partial charge in [-0.2, -0.15) is 0 Å². The van der Waals surface area contributed by atoms with Crippen LogP contribution >= 0.6 is 27.5 Å². The standard InChI is InChI=1S/C25H20BrClN4O3/c1-15(16-5-3-2-4-6-16)28-24(33)25(34)30-31-21-12-7-18(26)13-17(21)14-22(31)23(32)29-20-10-8-19(27)9-11-20/h2-15H,1H3,(H,28,33)(H,29,32)(H,30,34)/t15-/m0/s1. The Morgan fingerprint density at radius 1 is 0.912 bits per heavy atom. The molecule has 3 N–H and O–H groups in total. The summed E-state index contributed by atoms with van der Waals surface area (Å²) in [6, 6.07) is 22.5.